The predicted octanol–water partition coefficient (Wildman–Crippen LogP) is 1.53. The van der Waals surface area contributed by atoms with Crippen LogP contribution in [0, 0.1) is 16.7 Å². The van der Waals surface area contributed by atoms with Gasteiger partial charge in [0.1, 0.15) is 5.41 Å². The van der Waals surface area contributed by atoms with Gasteiger partial charge in [0.25, 0.3) is 0 Å². The second-order valence-electron chi connectivity index (χ2n) is 5.25. The van der Waals surface area contributed by atoms with Crippen LogP contribution in [0.15, 0.2) is 0 Å². The van der Waals surface area contributed by atoms with Crippen molar-refractivity contribution in [1.82, 2.24) is 10.2 Å². The molecule has 1 fully saturated rings. The molecule has 0 aromatic carbocycles. The highest BCUT2D eigenvalue weighted by molar-refractivity contribution is 5.84. The van der Waals surface area contributed by atoms with E-state index in [-0.39, 0.29) is 5.91 Å². The van der Waals surface area contributed by atoms with Crippen LogP contribution in [0.1, 0.15) is 40.0 Å². The van der Waals surface area contributed by atoms with Crippen LogP contribution < -0.4 is 5.32 Å². The minimum atomic E-state index is -0.891. The molecule has 0 heterocycles. The Morgan fingerprint density at radius 3 is 2.65 bits per heavy atom. The number of nitrogens with zero attached hydrogens (tertiary/aromatic N) is 2. The maximum atomic E-state index is 11.9. The molecule has 0 aromatic heterocycles. The molecule has 0 aromatic rings. The van der Waals surface area contributed by atoms with Crippen LogP contribution in [0.25, 0.3) is 0 Å². The Balaban J connectivity index is 2.39. The first kappa shape index (κ1) is 14.0. The van der Waals surface area contributed by atoms with E-state index in [1.54, 1.807) is 6.92 Å². The van der Waals surface area contributed by atoms with E-state index in [4.69, 9.17) is 5.26 Å². The SMILES string of the molecule is CCC(C)(C#N)C(=O)NCC(C)N(C)C1CC1. The standard InChI is InChI=1S/C13H23N3O/c1-5-13(3,9-14)12(17)15-8-10(2)16(4)11-6-7-11/h10-11H,5-8H2,1-4H3,(H,15,17). The van der Waals surface area contributed by atoms with Crippen LogP contribution in [-0.4, -0.2) is 36.5 Å². The van der Waals surface area contributed by atoms with E-state index < -0.39 is 5.41 Å². The summed E-state index contributed by atoms with van der Waals surface area (Å²) in [7, 11) is 2.10. The van der Waals surface area contributed by atoms with Crippen LogP contribution in [-0.2, 0) is 4.79 Å². The Kier molecular flexibility index (Phi) is 4.53. The quantitative estimate of drug-likeness (QED) is 0.762. The molecular weight excluding hydrogens is 214 g/mol. The number of hydrogen-bond acceptors (Lipinski definition) is 3. The zero-order chi connectivity index (χ0) is 13.1. The van der Waals surface area contributed by atoms with Gasteiger partial charge in [-0.1, -0.05) is 6.92 Å². The molecular formula is C13H23N3O. The first-order chi connectivity index (χ1) is 7.94. The first-order valence-electron chi connectivity index (χ1n) is 6.36. The molecule has 0 radical (unpaired) electrons. The highest BCUT2D eigenvalue weighted by atomic mass is 16.2. The first-order valence-corrected chi connectivity index (χ1v) is 6.36. The normalized spacial score (nSPS) is 20.5. The van der Waals surface area contributed by atoms with Gasteiger partial charge in [0, 0.05) is 18.6 Å². The van der Waals surface area contributed by atoms with Gasteiger partial charge in [-0.25, -0.2) is 0 Å². The van der Waals surface area contributed by atoms with Crippen molar-refractivity contribution in [3.05, 3.63) is 0 Å². The second-order valence-corrected chi connectivity index (χ2v) is 5.25. The van der Waals surface area contributed by atoms with Gasteiger partial charge in [0.15, 0.2) is 0 Å². The average molecular weight is 237 g/mol. The van der Waals surface area contributed by atoms with Crippen molar-refractivity contribution in [3.63, 3.8) is 0 Å². The molecule has 17 heavy (non-hydrogen) atoms. The molecule has 1 amide bonds. The summed E-state index contributed by atoms with van der Waals surface area (Å²) in [4.78, 5) is 14.2. The molecule has 1 saturated carbocycles. The summed E-state index contributed by atoms with van der Waals surface area (Å²) >= 11 is 0. The van der Waals surface area contributed by atoms with Crippen molar-refractivity contribution in [3.8, 4) is 6.07 Å². The van der Waals surface area contributed by atoms with E-state index in [1.165, 1.54) is 12.8 Å². The largest absolute Gasteiger partial charge is 0.353 e. The van der Waals surface area contributed by atoms with Crippen LogP contribution in [0.4, 0.5) is 0 Å². The highest BCUT2D eigenvalue weighted by Crippen LogP contribution is 2.26. The zero-order valence-corrected chi connectivity index (χ0v) is 11.3. The molecule has 0 bridgehead atoms. The Bertz CT molecular complexity index is 319. The van der Waals surface area contributed by atoms with Gasteiger partial charge in [-0.3, -0.25) is 9.69 Å². The lowest BCUT2D eigenvalue weighted by Crippen LogP contribution is -2.45. The van der Waals surface area contributed by atoms with Gasteiger partial charge in [-0.2, -0.15) is 5.26 Å². The number of nitriles is 1. The molecule has 4 heteroatoms. The van der Waals surface area contributed by atoms with E-state index in [0.717, 1.165) is 0 Å². The van der Waals surface area contributed by atoms with Crippen molar-refractivity contribution < 1.29 is 4.79 Å². The minimum Gasteiger partial charge on any atom is -0.353 e. The Labute approximate surface area is 104 Å². The second kappa shape index (κ2) is 5.50. The van der Waals surface area contributed by atoms with Gasteiger partial charge >= 0.3 is 0 Å². The van der Waals surface area contributed by atoms with Crippen LogP contribution in [0.2, 0.25) is 0 Å². The number of carbonyl (C=O) groups excluding carboxylic acids is 1. The lowest BCUT2D eigenvalue weighted by Gasteiger charge is -2.26. The third kappa shape index (κ3) is 3.44. The molecule has 96 valence electrons. The number of rotatable bonds is 6. The number of nitrogens with one attached hydrogen (secondary N) is 1. The number of carbonyl (C=O) groups is 1. The van der Waals surface area contributed by atoms with E-state index in [1.807, 2.05) is 6.92 Å². The molecule has 2 unspecified atom stereocenters. The number of hydrogen-bond donors (Lipinski definition) is 1. The van der Waals surface area contributed by atoms with Crippen molar-refractivity contribution in [2.75, 3.05) is 13.6 Å². The van der Waals surface area contributed by atoms with Crippen LogP contribution >= 0.6 is 0 Å². The average Bonchev–Trinajstić information content (AvgIpc) is 3.17. The fourth-order valence-corrected chi connectivity index (χ4v) is 1.71. The summed E-state index contributed by atoms with van der Waals surface area (Å²) in [6.07, 6.45) is 3.07. The Hall–Kier alpha value is -1.08. The van der Waals surface area contributed by atoms with Gasteiger partial charge in [0.05, 0.1) is 6.07 Å². The zero-order valence-electron chi connectivity index (χ0n) is 11.3. The smallest absolute Gasteiger partial charge is 0.240 e. The van der Waals surface area contributed by atoms with Crippen molar-refractivity contribution in [2.24, 2.45) is 5.41 Å². The van der Waals surface area contributed by atoms with Crippen molar-refractivity contribution >= 4 is 5.91 Å². The fraction of sp³-hybridized carbons (Fsp3) is 0.846. The molecule has 1 aliphatic carbocycles. The summed E-state index contributed by atoms with van der Waals surface area (Å²) in [6, 6.07) is 3.11. The molecule has 0 aliphatic heterocycles. The summed E-state index contributed by atoms with van der Waals surface area (Å²) in [6.45, 7) is 6.28. The van der Waals surface area contributed by atoms with Crippen LogP contribution in [0.5, 0.6) is 0 Å². The van der Waals surface area contributed by atoms with Crippen molar-refractivity contribution in [1.29, 1.82) is 5.26 Å². The summed E-state index contributed by atoms with van der Waals surface area (Å²) in [5.74, 6) is -0.154. The molecule has 2 atom stereocenters. The maximum absolute atomic E-state index is 11.9. The molecule has 1 N–H and O–H groups in total. The van der Waals surface area contributed by atoms with Gasteiger partial charge in [0.2, 0.25) is 5.91 Å². The minimum absolute atomic E-state index is 0.154. The molecule has 0 spiro atoms. The van der Waals surface area contributed by atoms with E-state index in [9.17, 15) is 4.79 Å². The lowest BCUT2D eigenvalue weighted by atomic mass is 9.88. The third-order valence-electron chi connectivity index (χ3n) is 3.83. The summed E-state index contributed by atoms with van der Waals surface area (Å²) in [5.41, 5.74) is -0.891. The lowest BCUT2D eigenvalue weighted by molar-refractivity contribution is -0.127. The number of amides is 1. The third-order valence-corrected chi connectivity index (χ3v) is 3.83. The van der Waals surface area contributed by atoms with Crippen molar-refractivity contribution in [2.45, 2.75) is 52.1 Å². The molecule has 0 saturated heterocycles. The Morgan fingerprint density at radius 1 is 1.65 bits per heavy atom. The summed E-state index contributed by atoms with van der Waals surface area (Å²) in [5, 5.41) is 11.9. The monoisotopic (exact) mass is 237 g/mol. The molecule has 1 rings (SSSR count). The topological polar surface area (TPSA) is 56.1 Å². The van der Waals surface area contributed by atoms with Gasteiger partial charge in [-0.05, 0) is 40.2 Å². The predicted molar refractivity (Wildman–Crippen MR) is 67.3 cm³/mol. The van der Waals surface area contributed by atoms with E-state index in [0.29, 0.717) is 25.0 Å². The van der Waals surface area contributed by atoms with Crippen LogP contribution in [0.3, 0.4) is 0 Å². The molecule has 4 nitrogen and oxygen atoms in total. The van der Waals surface area contributed by atoms with Gasteiger partial charge in [-0.15, -0.1) is 0 Å². The van der Waals surface area contributed by atoms with Gasteiger partial charge < -0.3 is 5.32 Å². The summed E-state index contributed by atoms with van der Waals surface area (Å²) < 4.78 is 0. The maximum Gasteiger partial charge on any atom is 0.240 e. The van der Waals surface area contributed by atoms with E-state index >= 15 is 0 Å². The number of likely N-dealkylation sites (N-methyl/N-ethyl adjacent to an activating group) is 1. The highest BCUT2D eigenvalue weighted by Gasteiger charge is 2.33. The Morgan fingerprint density at radius 2 is 2.24 bits per heavy atom. The fourth-order valence-electron chi connectivity index (χ4n) is 1.71. The van der Waals surface area contributed by atoms with E-state index in [2.05, 4.69) is 30.3 Å². The molecule has 1 aliphatic rings.